The molecule has 24 heavy (non-hydrogen) atoms. The number of amides is 1. The number of nitrogens with one attached hydrogen (secondary N) is 1. The van der Waals surface area contributed by atoms with Crippen LogP contribution in [0.1, 0.15) is 36.9 Å². The van der Waals surface area contributed by atoms with Gasteiger partial charge in [0.05, 0.1) is 5.69 Å². The van der Waals surface area contributed by atoms with Crippen LogP contribution in [0.5, 0.6) is 0 Å². The molecule has 4 nitrogen and oxygen atoms in total. The van der Waals surface area contributed by atoms with Gasteiger partial charge in [-0.05, 0) is 44.0 Å². The summed E-state index contributed by atoms with van der Waals surface area (Å²) < 4.78 is 13.5. The smallest absolute Gasteiger partial charge is 0.226 e. The second kappa shape index (κ2) is 8.35. The minimum absolute atomic E-state index is 0.128. The fraction of sp³-hybridized carbons (Fsp3) is 0.444. The van der Waals surface area contributed by atoms with Crippen LogP contribution in [0.3, 0.4) is 0 Å². The Bertz CT molecular complexity index is 682. The summed E-state index contributed by atoms with van der Waals surface area (Å²) in [5, 5.41) is 5.44. The van der Waals surface area contributed by atoms with Gasteiger partial charge < -0.3 is 5.32 Å². The van der Waals surface area contributed by atoms with Crippen LogP contribution < -0.4 is 5.32 Å². The number of halogens is 1. The molecule has 0 unspecified atom stereocenters. The third kappa shape index (κ3) is 4.85. The van der Waals surface area contributed by atoms with E-state index in [9.17, 15) is 9.18 Å². The average molecular weight is 347 g/mol. The van der Waals surface area contributed by atoms with E-state index in [1.807, 2.05) is 5.38 Å². The summed E-state index contributed by atoms with van der Waals surface area (Å²) in [6.45, 7) is 3.10. The monoisotopic (exact) mass is 347 g/mol. The molecule has 1 amide bonds. The maximum absolute atomic E-state index is 13.5. The van der Waals surface area contributed by atoms with Gasteiger partial charge in [-0.2, -0.15) is 0 Å². The highest BCUT2D eigenvalue weighted by molar-refractivity contribution is 7.13. The first kappa shape index (κ1) is 17.0. The van der Waals surface area contributed by atoms with Crippen molar-refractivity contribution in [2.75, 3.05) is 18.4 Å². The first-order valence-corrected chi connectivity index (χ1v) is 9.29. The molecule has 2 heterocycles. The predicted molar refractivity (Wildman–Crippen MR) is 94.6 cm³/mol. The summed E-state index contributed by atoms with van der Waals surface area (Å²) in [5.41, 5.74) is 1.57. The van der Waals surface area contributed by atoms with Crippen molar-refractivity contribution in [3.8, 4) is 0 Å². The Morgan fingerprint density at radius 2 is 2.04 bits per heavy atom. The van der Waals surface area contributed by atoms with Gasteiger partial charge in [0, 0.05) is 18.3 Å². The van der Waals surface area contributed by atoms with Gasteiger partial charge in [0.1, 0.15) is 5.82 Å². The summed E-state index contributed by atoms with van der Waals surface area (Å²) >= 11 is 1.45. The van der Waals surface area contributed by atoms with Crippen molar-refractivity contribution in [2.24, 2.45) is 0 Å². The van der Waals surface area contributed by atoms with Crippen molar-refractivity contribution in [2.45, 2.75) is 38.6 Å². The van der Waals surface area contributed by atoms with Gasteiger partial charge in [0.2, 0.25) is 5.91 Å². The quantitative estimate of drug-likeness (QED) is 0.863. The zero-order valence-electron chi connectivity index (χ0n) is 13.6. The zero-order valence-corrected chi connectivity index (χ0v) is 14.4. The lowest BCUT2D eigenvalue weighted by Gasteiger charge is -2.25. The summed E-state index contributed by atoms with van der Waals surface area (Å²) in [6.07, 6.45) is 4.47. The second-order valence-electron chi connectivity index (χ2n) is 6.12. The van der Waals surface area contributed by atoms with Gasteiger partial charge in [-0.15, -0.1) is 11.3 Å². The van der Waals surface area contributed by atoms with Crippen molar-refractivity contribution in [1.29, 1.82) is 0 Å². The zero-order chi connectivity index (χ0) is 16.8. The number of nitrogens with zero attached hydrogens (tertiary/aromatic N) is 2. The number of thiazole rings is 1. The molecule has 0 atom stereocenters. The van der Waals surface area contributed by atoms with E-state index in [0.29, 0.717) is 17.1 Å². The minimum atomic E-state index is -0.261. The Kier molecular flexibility index (Phi) is 5.93. The number of likely N-dealkylation sites (tertiary alicyclic amines) is 1. The van der Waals surface area contributed by atoms with Crippen LogP contribution in [-0.2, 0) is 17.8 Å². The summed E-state index contributed by atoms with van der Waals surface area (Å²) in [4.78, 5) is 18.9. The molecule has 1 aromatic carbocycles. The number of hydrogen-bond donors (Lipinski definition) is 1. The predicted octanol–water partition coefficient (Wildman–Crippen LogP) is 3.84. The number of hydrogen-bond acceptors (Lipinski definition) is 4. The Morgan fingerprint density at radius 1 is 1.25 bits per heavy atom. The number of benzene rings is 1. The molecule has 0 spiro atoms. The summed E-state index contributed by atoms with van der Waals surface area (Å²) in [5.74, 6) is -0.388. The normalized spacial score (nSPS) is 15.4. The number of carbonyl (C=O) groups excluding carboxylic acids is 1. The van der Waals surface area contributed by atoms with E-state index in [4.69, 9.17) is 0 Å². The Labute approximate surface area is 145 Å². The van der Waals surface area contributed by atoms with Crippen LogP contribution in [0.4, 0.5) is 9.52 Å². The van der Waals surface area contributed by atoms with E-state index in [1.165, 1.54) is 36.7 Å². The minimum Gasteiger partial charge on any atom is -0.302 e. The molecule has 128 valence electrons. The maximum atomic E-state index is 13.5. The van der Waals surface area contributed by atoms with Crippen molar-refractivity contribution < 1.29 is 9.18 Å². The Hall–Kier alpha value is -1.79. The van der Waals surface area contributed by atoms with E-state index in [2.05, 4.69) is 15.2 Å². The Morgan fingerprint density at radius 3 is 2.83 bits per heavy atom. The van der Waals surface area contributed by atoms with Gasteiger partial charge in [-0.25, -0.2) is 9.37 Å². The average Bonchev–Trinajstić information content (AvgIpc) is 3.02. The van der Waals surface area contributed by atoms with Gasteiger partial charge >= 0.3 is 0 Å². The largest absolute Gasteiger partial charge is 0.302 e. The summed E-state index contributed by atoms with van der Waals surface area (Å²) in [6, 6.07) is 6.56. The number of aromatic nitrogens is 1. The first-order valence-electron chi connectivity index (χ1n) is 8.41. The van der Waals surface area contributed by atoms with Crippen LogP contribution in [-0.4, -0.2) is 28.9 Å². The van der Waals surface area contributed by atoms with E-state index in [0.717, 1.165) is 25.3 Å². The van der Waals surface area contributed by atoms with Gasteiger partial charge in [0.25, 0.3) is 0 Å². The molecule has 1 fully saturated rings. The molecule has 1 aliphatic heterocycles. The molecular formula is C18H22FN3OS. The topological polar surface area (TPSA) is 45.2 Å². The molecule has 1 N–H and O–H groups in total. The molecule has 3 rings (SSSR count). The lowest BCUT2D eigenvalue weighted by atomic mass is 10.1. The molecule has 1 aliphatic rings. The van der Waals surface area contributed by atoms with E-state index >= 15 is 0 Å². The van der Waals surface area contributed by atoms with Gasteiger partial charge in [-0.3, -0.25) is 9.69 Å². The number of piperidine rings is 1. The Balaban J connectivity index is 1.47. The molecule has 6 heteroatoms. The van der Waals surface area contributed by atoms with E-state index in [1.54, 1.807) is 18.2 Å². The highest BCUT2D eigenvalue weighted by atomic mass is 32.1. The lowest BCUT2D eigenvalue weighted by Crippen LogP contribution is -2.29. The molecule has 0 aliphatic carbocycles. The lowest BCUT2D eigenvalue weighted by molar-refractivity contribution is -0.116. The fourth-order valence-electron chi connectivity index (χ4n) is 2.91. The highest BCUT2D eigenvalue weighted by Crippen LogP contribution is 2.19. The van der Waals surface area contributed by atoms with E-state index in [-0.39, 0.29) is 18.1 Å². The standard InChI is InChI=1S/C18H22FN3OS/c19-16-7-3-2-6-14(16)8-9-17(23)21-18-20-15(13-24-18)12-22-10-4-1-5-11-22/h2-3,6-7,13H,1,4-5,8-12H2,(H,20,21,23). The molecule has 0 radical (unpaired) electrons. The van der Waals surface area contributed by atoms with Crippen molar-refractivity contribution in [3.63, 3.8) is 0 Å². The third-order valence-electron chi connectivity index (χ3n) is 4.21. The molecule has 2 aromatic rings. The number of anilines is 1. The van der Waals surface area contributed by atoms with Crippen LogP contribution in [0.15, 0.2) is 29.6 Å². The fourth-order valence-corrected chi connectivity index (χ4v) is 3.63. The van der Waals surface area contributed by atoms with Crippen LogP contribution in [0, 0.1) is 5.82 Å². The highest BCUT2D eigenvalue weighted by Gasteiger charge is 2.13. The third-order valence-corrected chi connectivity index (χ3v) is 5.02. The van der Waals surface area contributed by atoms with Gasteiger partial charge in [0.15, 0.2) is 5.13 Å². The molecule has 1 aromatic heterocycles. The van der Waals surface area contributed by atoms with Crippen molar-refractivity contribution >= 4 is 22.4 Å². The van der Waals surface area contributed by atoms with Crippen molar-refractivity contribution in [3.05, 3.63) is 46.7 Å². The number of rotatable bonds is 6. The second-order valence-corrected chi connectivity index (χ2v) is 6.98. The molecule has 1 saturated heterocycles. The molecule has 0 saturated carbocycles. The van der Waals surface area contributed by atoms with Crippen LogP contribution in [0.2, 0.25) is 0 Å². The van der Waals surface area contributed by atoms with E-state index < -0.39 is 0 Å². The first-order chi connectivity index (χ1) is 11.7. The molecular weight excluding hydrogens is 325 g/mol. The van der Waals surface area contributed by atoms with Crippen molar-refractivity contribution in [1.82, 2.24) is 9.88 Å². The summed E-state index contributed by atoms with van der Waals surface area (Å²) in [7, 11) is 0. The SMILES string of the molecule is O=C(CCc1ccccc1F)Nc1nc(CN2CCCCC2)cs1. The van der Waals surface area contributed by atoms with Crippen LogP contribution in [0.25, 0.3) is 0 Å². The maximum Gasteiger partial charge on any atom is 0.226 e. The van der Waals surface area contributed by atoms with Gasteiger partial charge in [-0.1, -0.05) is 24.6 Å². The van der Waals surface area contributed by atoms with Crippen LogP contribution >= 0.6 is 11.3 Å². The number of aryl methyl sites for hydroxylation is 1. The molecule has 0 bridgehead atoms. The number of carbonyl (C=O) groups is 1.